The average molecular weight is 436 g/mol. The van der Waals surface area contributed by atoms with E-state index in [1.807, 2.05) is 12.1 Å². The molecule has 158 valence electrons. The van der Waals surface area contributed by atoms with Gasteiger partial charge in [0, 0.05) is 40.5 Å². The number of amides is 1. The van der Waals surface area contributed by atoms with E-state index in [9.17, 15) is 9.18 Å². The quantitative estimate of drug-likeness (QED) is 0.415. The maximum absolute atomic E-state index is 13.5. The molecule has 0 aromatic heterocycles. The summed E-state index contributed by atoms with van der Waals surface area (Å²) in [4.78, 5) is 14.9. The van der Waals surface area contributed by atoms with Crippen molar-refractivity contribution >= 4 is 28.9 Å². The highest BCUT2D eigenvalue weighted by Gasteiger charge is 2.13. The van der Waals surface area contributed by atoms with Crippen molar-refractivity contribution in [2.24, 2.45) is 5.10 Å². The van der Waals surface area contributed by atoms with Crippen LogP contribution in [0, 0.1) is 5.82 Å². The Kier molecular flexibility index (Phi) is 6.63. The van der Waals surface area contributed by atoms with E-state index in [-0.39, 0.29) is 11.7 Å². The second-order valence-corrected chi connectivity index (χ2v) is 7.95. The molecule has 0 atom stereocenters. The molecule has 1 fully saturated rings. The largest absolute Gasteiger partial charge is 0.372 e. The van der Waals surface area contributed by atoms with Crippen molar-refractivity contribution in [3.05, 3.63) is 100 Å². The zero-order valence-corrected chi connectivity index (χ0v) is 17.8. The first-order valence-corrected chi connectivity index (χ1v) is 10.7. The van der Waals surface area contributed by atoms with Crippen LogP contribution >= 0.6 is 11.6 Å². The molecule has 4 nitrogen and oxygen atoms in total. The van der Waals surface area contributed by atoms with Crippen molar-refractivity contribution in [3.8, 4) is 0 Å². The van der Waals surface area contributed by atoms with Crippen LogP contribution in [0.5, 0.6) is 0 Å². The molecular weight excluding hydrogens is 413 g/mol. The van der Waals surface area contributed by atoms with Crippen LogP contribution in [0.1, 0.15) is 40.7 Å². The van der Waals surface area contributed by atoms with Gasteiger partial charge in [-0.1, -0.05) is 29.8 Å². The van der Waals surface area contributed by atoms with Gasteiger partial charge in [0.05, 0.1) is 5.71 Å². The predicted molar refractivity (Wildman–Crippen MR) is 123 cm³/mol. The highest BCUT2D eigenvalue weighted by molar-refractivity contribution is 6.31. The van der Waals surface area contributed by atoms with E-state index in [1.165, 1.54) is 37.1 Å². The molecule has 1 N–H and O–H groups in total. The van der Waals surface area contributed by atoms with Gasteiger partial charge in [0.1, 0.15) is 5.82 Å². The van der Waals surface area contributed by atoms with Crippen LogP contribution in [0.2, 0.25) is 5.02 Å². The molecule has 4 rings (SSSR count). The van der Waals surface area contributed by atoms with Crippen molar-refractivity contribution < 1.29 is 9.18 Å². The van der Waals surface area contributed by atoms with Gasteiger partial charge in [0.2, 0.25) is 0 Å². The number of nitrogens with one attached hydrogen (secondary N) is 1. The maximum atomic E-state index is 13.5. The highest BCUT2D eigenvalue weighted by Crippen LogP contribution is 2.22. The summed E-state index contributed by atoms with van der Waals surface area (Å²) in [5.41, 5.74) is 6.28. The number of carbonyl (C=O) groups is 1. The third kappa shape index (κ3) is 5.30. The lowest BCUT2D eigenvalue weighted by molar-refractivity contribution is 0.0955. The van der Waals surface area contributed by atoms with E-state index in [2.05, 4.69) is 27.6 Å². The van der Waals surface area contributed by atoms with Gasteiger partial charge < -0.3 is 4.90 Å². The number of hydrogen-bond donors (Lipinski definition) is 1. The van der Waals surface area contributed by atoms with Crippen molar-refractivity contribution in [1.82, 2.24) is 5.43 Å². The van der Waals surface area contributed by atoms with E-state index in [0.717, 1.165) is 18.7 Å². The molecule has 0 unspecified atom stereocenters. The fraction of sp³-hybridized carbons (Fsp3) is 0.200. The van der Waals surface area contributed by atoms with E-state index in [1.54, 1.807) is 36.4 Å². The second-order valence-electron chi connectivity index (χ2n) is 7.51. The van der Waals surface area contributed by atoms with Crippen LogP contribution in [0.15, 0.2) is 77.9 Å². The summed E-state index contributed by atoms with van der Waals surface area (Å²) in [6, 6.07) is 20.8. The molecular formula is C25H23ClFN3O. The smallest absolute Gasteiger partial charge is 0.271 e. The Hall–Kier alpha value is -3.18. The molecule has 0 radical (unpaired) electrons. The molecule has 3 aromatic rings. The third-order valence-corrected chi connectivity index (χ3v) is 5.57. The normalized spacial score (nSPS) is 14.4. The summed E-state index contributed by atoms with van der Waals surface area (Å²) in [7, 11) is 0. The van der Waals surface area contributed by atoms with Crippen LogP contribution < -0.4 is 10.3 Å². The van der Waals surface area contributed by atoms with Crippen LogP contribution in [-0.2, 0) is 0 Å². The highest BCUT2D eigenvalue weighted by atomic mass is 35.5. The Bertz CT molecular complexity index is 1070. The lowest BCUT2D eigenvalue weighted by Gasteiger charge is -2.28. The second kappa shape index (κ2) is 9.75. The van der Waals surface area contributed by atoms with Gasteiger partial charge in [0.25, 0.3) is 5.91 Å². The molecule has 1 heterocycles. The monoisotopic (exact) mass is 435 g/mol. The number of hydrogen-bond acceptors (Lipinski definition) is 3. The minimum atomic E-state index is -0.368. The summed E-state index contributed by atoms with van der Waals surface area (Å²) in [5, 5.41) is 4.86. The Balaban J connectivity index is 1.62. The Labute approximate surface area is 186 Å². The summed E-state index contributed by atoms with van der Waals surface area (Å²) in [6.07, 6.45) is 3.70. The molecule has 3 aromatic carbocycles. The number of benzene rings is 3. The molecule has 1 aliphatic heterocycles. The SMILES string of the molecule is O=C(NN=C(c1ccc(F)cc1)c1ccc(N2CCCCC2)cc1)c1cccc(Cl)c1. The minimum absolute atomic E-state index is 0.327. The lowest BCUT2D eigenvalue weighted by atomic mass is 10.0. The average Bonchev–Trinajstić information content (AvgIpc) is 2.81. The fourth-order valence-corrected chi connectivity index (χ4v) is 3.88. The zero-order chi connectivity index (χ0) is 21.6. The van der Waals surface area contributed by atoms with Gasteiger partial charge >= 0.3 is 0 Å². The Morgan fingerprint density at radius 3 is 2.16 bits per heavy atom. The van der Waals surface area contributed by atoms with E-state index < -0.39 is 0 Å². The molecule has 0 bridgehead atoms. The zero-order valence-electron chi connectivity index (χ0n) is 17.0. The van der Waals surface area contributed by atoms with Crippen LogP contribution in [-0.4, -0.2) is 24.7 Å². The standard InChI is InChI=1S/C25H23ClFN3O/c26-21-6-4-5-20(17-21)25(31)29-28-24(18-7-11-22(27)12-8-18)19-9-13-23(14-10-19)30-15-2-1-3-16-30/h4-14,17H,1-3,15-16H2,(H,29,31). The molecule has 1 amide bonds. The molecule has 6 heteroatoms. The minimum Gasteiger partial charge on any atom is -0.372 e. The number of anilines is 1. The number of hydrazone groups is 1. The van der Waals surface area contributed by atoms with Gasteiger partial charge in [-0.15, -0.1) is 0 Å². The topological polar surface area (TPSA) is 44.7 Å². The summed E-state index contributed by atoms with van der Waals surface area (Å²) < 4.78 is 13.5. The van der Waals surface area contributed by atoms with Gasteiger partial charge in [-0.3, -0.25) is 4.79 Å². The van der Waals surface area contributed by atoms with Gasteiger partial charge in [-0.2, -0.15) is 5.10 Å². The number of rotatable bonds is 5. The van der Waals surface area contributed by atoms with E-state index in [4.69, 9.17) is 11.6 Å². The van der Waals surface area contributed by atoms with Gasteiger partial charge in [-0.25, -0.2) is 9.82 Å². The van der Waals surface area contributed by atoms with Crippen molar-refractivity contribution in [3.63, 3.8) is 0 Å². The molecule has 0 spiro atoms. The third-order valence-electron chi connectivity index (χ3n) is 5.34. The van der Waals surface area contributed by atoms with Crippen molar-refractivity contribution in [1.29, 1.82) is 0 Å². The van der Waals surface area contributed by atoms with E-state index in [0.29, 0.717) is 21.9 Å². The number of carbonyl (C=O) groups excluding carboxylic acids is 1. The van der Waals surface area contributed by atoms with Gasteiger partial charge in [0.15, 0.2) is 0 Å². The first kappa shape index (κ1) is 21.1. The molecule has 31 heavy (non-hydrogen) atoms. The lowest BCUT2D eigenvalue weighted by Crippen LogP contribution is -2.29. The first-order chi connectivity index (χ1) is 15.1. The number of halogens is 2. The van der Waals surface area contributed by atoms with Gasteiger partial charge in [-0.05, 0) is 73.9 Å². The Morgan fingerprint density at radius 2 is 1.52 bits per heavy atom. The van der Waals surface area contributed by atoms with Crippen LogP contribution in [0.25, 0.3) is 0 Å². The molecule has 0 saturated carbocycles. The summed E-state index contributed by atoms with van der Waals surface area (Å²) in [5.74, 6) is -0.696. The number of nitrogens with zero attached hydrogens (tertiary/aromatic N) is 2. The number of piperidine rings is 1. The van der Waals surface area contributed by atoms with Crippen LogP contribution in [0.3, 0.4) is 0 Å². The summed E-state index contributed by atoms with van der Waals surface area (Å²) >= 11 is 5.98. The van der Waals surface area contributed by atoms with Crippen molar-refractivity contribution in [2.75, 3.05) is 18.0 Å². The van der Waals surface area contributed by atoms with E-state index >= 15 is 0 Å². The molecule has 1 aliphatic rings. The first-order valence-electron chi connectivity index (χ1n) is 10.3. The van der Waals surface area contributed by atoms with Crippen molar-refractivity contribution in [2.45, 2.75) is 19.3 Å². The fourth-order valence-electron chi connectivity index (χ4n) is 3.69. The molecule has 1 saturated heterocycles. The van der Waals surface area contributed by atoms with Crippen LogP contribution in [0.4, 0.5) is 10.1 Å². The maximum Gasteiger partial charge on any atom is 0.271 e. The summed E-state index contributed by atoms with van der Waals surface area (Å²) in [6.45, 7) is 2.13. The Morgan fingerprint density at radius 1 is 0.871 bits per heavy atom. The molecule has 0 aliphatic carbocycles. The predicted octanol–water partition coefficient (Wildman–Crippen LogP) is 5.65.